The highest BCUT2D eigenvalue weighted by Crippen LogP contribution is 2.37. The third-order valence-corrected chi connectivity index (χ3v) is 6.93. The standard InChI is InChI=1S/C23H30ClN3O3/c1-29-23(28)27-13-5-8-19(22-20(24)14-25-26-22)21(27)15-30-18-11-9-17(10-12-18)16-6-3-2-4-7-16/h2-4,6-7,14,17-19,21H,5,8-13,15H2,1H3,(H,25,26)/t17?,18?,19-,21-/m0/s1. The molecule has 1 amide bonds. The van der Waals surface area contributed by atoms with Gasteiger partial charge in [0.25, 0.3) is 0 Å². The second-order valence-corrected chi connectivity index (χ2v) is 8.74. The zero-order valence-electron chi connectivity index (χ0n) is 17.4. The minimum atomic E-state index is -0.309. The summed E-state index contributed by atoms with van der Waals surface area (Å²) in [6, 6.07) is 10.6. The summed E-state index contributed by atoms with van der Waals surface area (Å²) < 4.78 is 11.4. The van der Waals surface area contributed by atoms with Gasteiger partial charge in [-0.1, -0.05) is 41.9 Å². The van der Waals surface area contributed by atoms with E-state index in [-0.39, 0.29) is 24.2 Å². The van der Waals surface area contributed by atoms with Gasteiger partial charge in [0, 0.05) is 12.5 Å². The molecule has 1 aromatic carbocycles. The first-order valence-corrected chi connectivity index (χ1v) is 11.2. The molecule has 1 N–H and O–H groups in total. The molecule has 1 saturated carbocycles. The number of benzene rings is 1. The van der Waals surface area contributed by atoms with Crippen LogP contribution in [0.25, 0.3) is 0 Å². The topological polar surface area (TPSA) is 67.5 Å². The van der Waals surface area contributed by atoms with Crippen LogP contribution in [0.1, 0.15) is 61.6 Å². The number of aromatic nitrogens is 2. The predicted octanol–water partition coefficient (Wildman–Crippen LogP) is 5.12. The summed E-state index contributed by atoms with van der Waals surface area (Å²) in [5, 5.41) is 7.72. The van der Waals surface area contributed by atoms with Gasteiger partial charge in [0.05, 0.1) is 42.8 Å². The Hall–Kier alpha value is -2.05. The lowest BCUT2D eigenvalue weighted by molar-refractivity contribution is -0.0242. The van der Waals surface area contributed by atoms with Gasteiger partial charge in [-0.05, 0) is 50.0 Å². The smallest absolute Gasteiger partial charge is 0.409 e. The number of likely N-dealkylation sites (tertiary alicyclic amines) is 1. The van der Waals surface area contributed by atoms with E-state index in [0.29, 0.717) is 24.1 Å². The lowest BCUT2D eigenvalue weighted by atomic mass is 9.82. The number of nitrogens with zero attached hydrogens (tertiary/aromatic N) is 2. The van der Waals surface area contributed by atoms with Gasteiger partial charge in [-0.3, -0.25) is 5.10 Å². The monoisotopic (exact) mass is 431 g/mol. The number of hydrogen-bond acceptors (Lipinski definition) is 4. The quantitative estimate of drug-likeness (QED) is 0.713. The number of rotatable bonds is 5. The van der Waals surface area contributed by atoms with E-state index in [2.05, 4.69) is 40.5 Å². The van der Waals surface area contributed by atoms with Crippen molar-refractivity contribution in [1.29, 1.82) is 0 Å². The van der Waals surface area contributed by atoms with Gasteiger partial charge in [0.1, 0.15) is 0 Å². The van der Waals surface area contributed by atoms with E-state index in [0.717, 1.165) is 44.2 Å². The number of carbonyl (C=O) groups is 1. The van der Waals surface area contributed by atoms with Crippen molar-refractivity contribution in [2.75, 3.05) is 20.3 Å². The van der Waals surface area contributed by atoms with Crippen molar-refractivity contribution >= 4 is 17.7 Å². The number of H-pyrrole nitrogens is 1. The van der Waals surface area contributed by atoms with Crippen LogP contribution in [0.3, 0.4) is 0 Å². The highest BCUT2D eigenvalue weighted by atomic mass is 35.5. The van der Waals surface area contributed by atoms with Crippen LogP contribution in [0.4, 0.5) is 4.79 Å². The van der Waals surface area contributed by atoms with Crippen molar-refractivity contribution in [3.8, 4) is 0 Å². The number of nitrogens with one attached hydrogen (secondary N) is 1. The van der Waals surface area contributed by atoms with Crippen LogP contribution >= 0.6 is 11.6 Å². The number of ether oxygens (including phenoxy) is 2. The summed E-state index contributed by atoms with van der Waals surface area (Å²) >= 11 is 6.35. The van der Waals surface area contributed by atoms with Gasteiger partial charge >= 0.3 is 6.09 Å². The highest BCUT2D eigenvalue weighted by molar-refractivity contribution is 6.31. The summed E-state index contributed by atoms with van der Waals surface area (Å²) in [5.74, 6) is 0.678. The van der Waals surface area contributed by atoms with Gasteiger partial charge < -0.3 is 14.4 Å². The van der Waals surface area contributed by atoms with E-state index >= 15 is 0 Å². The minimum Gasteiger partial charge on any atom is -0.453 e. The molecule has 7 heteroatoms. The zero-order valence-corrected chi connectivity index (χ0v) is 18.2. The van der Waals surface area contributed by atoms with E-state index in [1.165, 1.54) is 12.7 Å². The van der Waals surface area contributed by atoms with Crippen molar-refractivity contribution in [3.63, 3.8) is 0 Å². The van der Waals surface area contributed by atoms with Crippen molar-refractivity contribution in [2.24, 2.45) is 0 Å². The average molecular weight is 432 g/mol. The number of amides is 1. The van der Waals surface area contributed by atoms with Crippen LogP contribution in [-0.4, -0.2) is 53.6 Å². The van der Waals surface area contributed by atoms with Crippen LogP contribution < -0.4 is 0 Å². The van der Waals surface area contributed by atoms with E-state index in [1.807, 2.05) is 0 Å². The molecular weight excluding hydrogens is 402 g/mol. The van der Waals surface area contributed by atoms with Gasteiger partial charge in [0.2, 0.25) is 0 Å². The minimum absolute atomic E-state index is 0.0634. The molecule has 1 aliphatic carbocycles. The predicted molar refractivity (Wildman–Crippen MR) is 116 cm³/mol. The van der Waals surface area contributed by atoms with Crippen LogP contribution in [0, 0.1) is 0 Å². The number of methoxy groups -OCH3 is 1. The Labute approximate surface area is 182 Å². The lowest BCUT2D eigenvalue weighted by Crippen LogP contribution is -2.50. The first-order chi connectivity index (χ1) is 14.7. The Morgan fingerprint density at radius 3 is 2.63 bits per heavy atom. The summed E-state index contributed by atoms with van der Waals surface area (Å²) in [5.41, 5.74) is 2.31. The lowest BCUT2D eigenvalue weighted by Gasteiger charge is -2.41. The number of halogens is 1. The molecule has 4 rings (SSSR count). The first kappa shape index (κ1) is 21.2. The Bertz CT molecular complexity index is 820. The molecule has 1 aromatic heterocycles. The van der Waals surface area contributed by atoms with E-state index < -0.39 is 0 Å². The van der Waals surface area contributed by atoms with Crippen molar-refractivity contribution < 1.29 is 14.3 Å². The Morgan fingerprint density at radius 2 is 1.97 bits per heavy atom. The van der Waals surface area contributed by atoms with Gasteiger partial charge in [-0.25, -0.2) is 4.79 Å². The van der Waals surface area contributed by atoms with E-state index in [4.69, 9.17) is 21.1 Å². The fourth-order valence-electron chi connectivity index (χ4n) is 5.01. The number of hydrogen-bond donors (Lipinski definition) is 1. The molecule has 0 radical (unpaired) electrons. The molecule has 2 fully saturated rings. The molecule has 6 nitrogen and oxygen atoms in total. The maximum atomic E-state index is 12.4. The van der Waals surface area contributed by atoms with Gasteiger partial charge in [-0.2, -0.15) is 5.10 Å². The summed E-state index contributed by atoms with van der Waals surface area (Å²) in [6.45, 7) is 1.15. The third-order valence-electron chi connectivity index (χ3n) is 6.63. The molecule has 162 valence electrons. The van der Waals surface area contributed by atoms with E-state index in [1.54, 1.807) is 11.1 Å². The summed E-state index contributed by atoms with van der Waals surface area (Å²) in [7, 11) is 1.43. The molecule has 0 unspecified atom stereocenters. The fraction of sp³-hybridized carbons (Fsp3) is 0.565. The zero-order chi connectivity index (χ0) is 20.9. The Balaban J connectivity index is 1.40. The highest BCUT2D eigenvalue weighted by Gasteiger charge is 2.38. The van der Waals surface area contributed by atoms with Gasteiger partial charge in [0.15, 0.2) is 0 Å². The second kappa shape index (κ2) is 9.84. The molecule has 2 heterocycles. The van der Waals surface area contributed by atoms with Crippen molar-refractivity contribution in [2.45, 2.75) is 62.5 Å². The second-order valence-electron chi connectivity index (χ2n) is 8.33. The van der Waals surface area contributed by atoms with E-state index in [9.17, 15) is 4.79 Å². The maximum absolute atomic E-state index is 12.4. The average Bonchev–Trinajstić information content (AvgIpc) is 3.23. The SMILES string of the molecule is COC(=O)N1CCC[C@H](c2[nH]ncc2Cl)[C@@H]1COC1CCC(c2ccccc2)CC1. The normalized spacial score (nSPS) is 27.1. The molecule has 30 heavy (non-hydrogen) atoms. The van der Waals surface area contributed by atoms with Crippen LogP contribution in [0.2, 0.25) is 5.02 Å². The van der Waals surface area contributed by atoms with Crippen molar-refractivity contribution in [1.82, 2.24) is 15.1 Å². The molecule has 2 aromatic rings. The molecule has 0 spiro atoms. The Morgan fingerprint density at radius 1 is 1.20 bits per heavy atom. The molecule has 2 aliphatic rings. The number of carbonyl (C=O) groups excluding carboxylic acids is 1. The molecule has 1 saturated heterocycles. The maximum Gasteiger partial charge on any atom is 0.409 e. The van der Waals surface area contributed by atoms with Crippen LogP contribution in [-0.2, 0) is 9.47 Å². The Kier molecular flexibility index (Phi) is 6.95. The number of piperidine rings is 1. The summed E-state index contributed by atoms with van der Waals surface area (Å²) in [6.07, 6.45) is 7.72. The largest absolute Gasteiger partial charge is 0.453 e. The molecule has 0 bridgehead atoms. The van der Waals surface area contributed by atoms with Crippen LogP contribution in [0.5, 0.6) is 0 Å². The van der Waals surface area contributed by atoms with Crippen LogP contribution in [0.15, 0.2) is 36.5 Å². The van der Waals surface area contributed by atoms with Crippen molar-refractivity contribution in [3.05, 3.63) is 52.8 Å². The molecular formula is C23H30ClN3O3. The van der Waals surface area contributed by atoms with Gasteiger partial charge in [-0.15, -0.1) is 0 Å². The first-order valence-electron chi connectivity index (χ1n) is 10.9. The molecule has 1 aliphatic heterocycles. The fourth-order valence-corrected chi connectivity index (χ4v) is 5.24. The third kappa shape index (κ3) is 4.65. The number of aromatic amines is 1. The summed E-state index contributed by atoms with van der Waals surface area (Å²) in [4.78, 5) is 14.2. The molecule has 2 atom stereocenters.